The molecule has 0 aromatic heterocycles. The fourth-order valence-corrected chi connectivity index (χ4v) is 3.29. The summed E-state index contributed by atoms with van der Waals surface area (Å²) in [4.78, 5) is 11.2. The molecule has 2 saturated carbocycles. The van der Waals surface area contributed by atoms with E-state index in [1.165, 1.54) is 19.3 Å². The van der Waals surface area contributed by atoms with E-state index in [2.05, 4.69) is 0 Å². The third kappa shape index (κ3) is 3.21. The van der Waals surface area contributed by atoms with Gasteiger partial charge in [0.1, 0.15) is 0 Å². The maximum Gasteiger partial charge on any atom is 0.309 e. The van der Waals surface area contributed by atoms with E-state index in [0.717, 1.165) is 19.6 Å². The van der Waals surface area contributed by atoms with Gasteiger partial charge in [-0.05, 0) is 31.1 Å². The lowest BCUT2D eigenvalue weighted by Crippen LogP contribution is -2.22. The molecule has 0 aromatic rings. The van der Waals surface area contributed by atoms with Crippen LogP contribution in [0.3, 0.4) is 0 Å². The Balaban J connectivity index is 0.000000379. The average molecular weight is 244 g/mol. The van der Waals surface area contributed by atoms with Crippen LogP contribution in [0.25, 0.3) is 0 Å². The molecule has 0 amide bonds. The second kappa shape index (κ2) is 8.51. The van der Waals surface area contributed by atoms with Gasteiger partial charge in [-0.15, -0.1) is 0 Å². The van der Waals surface area contributed by atoms with Crippen molar-refractivity contribution >= 4 is 5.97 Å². The normalized spacial score (nSPS) is 35.3. The van der Waals surface area contributed by atoms with E-state index in [1.54, 1.807) is 0 Å². The molecule has 3 heteroatoms. The van der Waals surface area contributed by atoms with Crippen molar-refractivity contribution in [1.82, 2.24) is 0 Å². The van der Waals surface area contributed by atoms with Gasteiger partial charge in [-0.2, -0.15) is 0 Å². The first-order chi connectivity index (χ1) is 8.36. The van der Waals surface area contributed by atoms with Crippen LogP contribution in [0.1, 0.15) is 47.0 Å². The summed E-state index contributed by atoms with van der Waals surface area (Å²) < 4.78 is 5.06. The second-order valence-corrected chi connectivity index (χ2v) is 4.15. The van der Waals surface area contributed by atoms with Crippen molar-refractivity contribution in [2.24, 2.45) is 23.7 Å². The van der Waals surface area contributed by atoms with Crippen LogP contribution in [0, 0.1) is 23.7 Å². The minimum absolute atomic E-state index is 0.0993. The Hall–Kier alpha value is -0.570. The SMILES string of the molecule is CC.CC.CO.O=C1OCC2C3CCC(C3)C12. The van der Waals surface area contributed by atoms with Crippen LogP contribution in [0.5, 0.6) is 0 Å². The molecule has 1 saturated heterocycles. The van der Waals surface area contributed by atoms with E-state index >= 15 is 0 Å². The first-order valence-electron chi connectivity index (χ1n) is 6.97. The van der Waals surface area contributed by atoms with Gasteiger partial charge in [-0.1, -0.05) is 27.7 Å². The molecule has 1 heterocycles. The molecule has 3 fully saturated rings. The molecule has 0 spiro atoms. The van der Waals surface area contributed by atoms with E-state index in [4.69, 9.17) is 9.84 Å². The molecule has 4 unspecified atom stereocenters. The van der Waals surface area contributed by atoms with Crippen molar-refractivity contribution in [2.75, 3.05) is 13.7 Å². The number of rotatable bonds is 0. The largest absolute Gasteiger partial charge is 0.465 e. The minimum atomic E-state index is 0.0993. The second-order valence-electron chi connectivity index (χ2n) is 4.15. The first kappa shape index (κ1) is 16.4. The summed E-state index contributed by atoms with van der Waals surface area (Å²) in [5.74, 6) is 2.55. The average Bonchev–Trinajstić information content (AvgIpc) is 3.11. The van der Waals surface area contributed by atoms with Crippen LogP contribution in [0.2, 0.25) is 0 Å². The summed E-state index contributed by atoms with van der Waals surface area (Å²) in [6.45, 7) is 8.73. The number of cyclic esters (lactones) is 1. The van der Waals surface area contributed by atoms with E-state index < -0.39 is 0 Å². The van der Waals surface area contributed by atoms with Crippen LogP contribution in [0.15, 0.2) is 0 Å². The summed E-state index contributed by atoms with van der Waals surface area (Å²) >= 11 is 0. The minimum Gasteiger partial charge on any atom is -0.465 e. The quantitative estimate of drug-likeness (QED) is 0.666. The molecule has 0 aromatic carbocycles. The van der Waals surface area contributed by atoms with E-state index in [9.17, 15) is 4.79 Å². The topological polar surface area (TPSA) is 46.5 Å². The van der Waals surface area contributed by atoms with Crippen LogP contribution in [0.4, 0.5) is 0 Å². The molecular weight excluding hydrogens is 216 g/mol. The highest BCUT2D eigenvalue weighted by Crippen LogP contribution is 2.54. The van der Waals surface area contributed by atoms with Crippen molar-refractivity contribution in [1.29, 1.82) is 0 Å². The third-order valence-electron chi connectivity index (χ3n) is 3.78. The van der Waals surface area contributed by atoms with Crippen molar-refractivity contribution in [3.05, 3.63) is 0 Å². The van der Waals surface area contributed by atoms with Gasteiger partial charge < -0.3 is 9.84 Å². The fourth-order valence-electron chi connectivity index (χ4n) is 3.29. The van der Waals surface area contributed by atoms with Gasteiger partial charge in [-0.3, -0.25) is 4.79 Å². The zero-order chi connectivity index (χ0) is 13.4. The molecule has 1 aliphatic heterocycles. The smallest absolute Gasteiger partial charge is 0.309 e. The lowest BCUT2D eigenvalue weighted by Gasteiger charge is -2.19. The first-order valence-corrected chi connectivity index (χ1v) is 6.97. The Bertz CT molecular complexity index is 216. The Morgan fingerprint density at radius 2 is 1.59 bits per heavy atom. The Morgan fingerprint density at radius 1 is 1.06 bits per heavy atom. The van der Waals surface area contributed by atoms with Crippen molar-refractivity contribution in [3.8, 4) is 0 Å². The number of hydrogen-bond acceptors (Lipinski definition) is 3. The number of aliphatic hydroxyl groups excluding tert-OH is 1. The monoisotopic (exact) mass is 244 g/mol. The maximum atomic E-state index is 11.2. The number of aliphatic hydroxyl groups is 1. The van der Waals surface area contributed by atoms with Gasteiger partial charge >= 0.3 is 5.97 Å². The highest BCUT2D eigenvalue weighted by Gasteiger charge is 2.54. The van der Waals surface area contributed by atoms with Crippen LogP contribution >= 0.6 is 0 Å². The highest BCUT2D eigenvalue weighted by atomic mass is 16.5. The Morgan fingerprint density at radius 3 is 2.12 bits per heavy atom. The lowest BCUT2D eigenvalue weighted by molar-refractivity contribution is -0.142. The van der Waals surface area contributed by atoms with Gasteiger partial charge in [0.25, 0.3) is 0 Å². The van der Waals surface area contributed by atoms with Crippen molar-refractivity contribution in [2.45, 2.75) is 47.0 Å². The number of carbonyl (C=O) groups is 1. The van der Waals surface area contributed by atoms with E-state index in [0.29, 0.717) is 17.8 Å². The molecule has 17 heavy (non-hydrogen) atoms. The maximum absolute atomic E-state index is 11.2. The molecule has 2 bridgehead atoms. The summed E-state index contributed by atoms with van der Waals surface area (Å²) in [5.41, 5.74) is 0. The number of ether oxygens (including phenoxy) is 1. The summed E-state index contributed by atoms with van der Waals surface area (Å²) in [6.07, 6.45) is 3.94. The van der Waals surface area contributed by atoms with E-state index in [-0.39, 0.29) is 5.97 Å². The number of carbonyl (C=O) groups excluding carboxylic acids is 1. The molecule has 3 aliphatic rings. The van der Waals surface area contributed by atoms with E-state index in [1.807, 2.05) is 27.7 Å². The fraction of sp³-hybridized carbons (Fsp3) is 0.929. The predicted octanol–water partition coefficient (Wildman–Crippen LogP) is 2.87. The van der Waals surface area contributed by atoms with Gasteiger partial charge in [0, 0.05) is 13.0 Å². The Labute approximate surface area is 106 Å². The molecule has 0 radical (unpaired) electrons. The van der Waals surface area contributed by atoms with Gasteiger partial charge in [0.2, 0.25) is 0 Å². The summed E-state index contributed by atoms with van der Waals surface area (Å²) in [7, 11) is 1.00. The van der Waals surface area contributed by atoms with Crippen molar-refractivity contribution in [3.63, 3.8) is 0 Å². The number of esters is 1. The molecular formula is C14H28O3. The molecule has 4 atom stereocenters. The molecule has 3 rings (SSSR count). The highest BCUT2D eigenvalue weighted by molar-refractivity contribution is 5.75. The summed E-state index contributed by atoms with van der Waals surface area (Å²) in [6, 6.07) is 0. The number of hydrogen-bond donors (Lipinski definition) is 1. The van der Waals surface area contributed by atoms with Crippen molar-refractivity contribution < 1.29 is 14.6 Å². The third-order valence-corrected chi connectivity index (χ3v) is 3.78. The number of fused-ring (bicyclic) bond motifs is 5. The van der Waals surface area contributed by atoms with Crippen LogP contribution in [-0.4, -0.2) is 24.8 Å². The van der Waals surface area contributed by atoms with Crippen LogP contribution < -0.4 is 0 Å². The van der Waals surface area contributed by atoms with Crippen LogP contribution in [-0.2, 0) is 9.53 Å². The predicted molar refractivity (Wildman–Crippen MR) is 69.6 cm³/mol. The molecule has 2 aliphatic carbocycles. The lowest BCUT2D eigenvalue weighted by atomic mass is 9.81. The molecule has 3 nitrogen and oxygen atoms in total. The molecule has 1 N–H and O–H groups in total. The standard InChI is InChI=1S/C9H12O2.2C2H6.CH4O/c10-9-8-6-2-1-5(3-6)7(8)4-11-9;3*1-2/h5-8H,1-4H2;2*1-2H3;2H,1H3. The van der Waals surface area contributed by atoms with Gasteiger partial charge in [0.05, 0.1) is 12.5 Å². The zero-order valence-corrected chi connectivity index (χ0v) is 11.9. The summed E-state index contributed by atoms with van der Waals surface area (Å²) in [5, 5.41) is 7.00. The molecule has 102 valence electrons. The Kier molecular flexibility index (Phi) is 8.23. The van der Waals surface area contributed by atoms with Gasteiger partial charge in [0.15, 0.2) is 0 Å². The zero-order valence-electron chi connectivity index (χ0n) is 11.9. The van der Waals surface area contributed by atoms with Gasteiger partial charge in [-0.25, -0.2) is 0 Å².